The largest absolute Gasteiger partial charge is 0.383 e. The zero-order valence-electron chi connectivity index (χ0n) is 5.98. The lowest BCUT2D eigenvalue weighted by Crippen LogP contribution is -1.97. The predicted octanol–water partition coefficient (Wildman–Crippen LogP) is 1.89. The topological polar surface area (TPSA) is 38.9 Å². The maximum Gasteiger partial charge on any atom is 0.126 e. The number of nitrogen functional groups attached to an aromatic ring is 1. The summed E-state index contributed by atoms with van der Waals surface area (Å²) in [5, 5.41) is 0. The first kappa shape index (κ1) is 7.78. The van der Waals surface area contributed by atoms with Crippen LogP contribution in [0, 0.1) is 17.4 Å². The van der Waals surface area contributed by atoms with Crippen LogP contribution in [0.5, 0.6) is 0 Å². The molecule has 0 aliphatic heterocycles. The second-order valence-corrected chi connectivity index (χ2v) is 3.40. The normalized spacial score (nSPS) is 9.90. The van der Waals surface area contributed by atoms with Crippen molar-refractivity contribution in [2.45, 2.75) is 13.8 Å². The lowest BCUT2D eigenvalue weighted by molar-refractivity contribution is 1.20. The lowest BCUT2D eigenvalue weighted by Gasteiger charge is -2.03. The van der Waals surface area contributed by atoms with E-state index in [1.165, 1.54) is 9.13 Å². The van der Waals surface area contributed by atoms with Crippen molar-refractivity contribution in [3.63, 3.8) is 0 Å². The minimum Gasteiger partial charge on any atom is -0.383 e. The van der Waals surface area contributed by atoms with Gasteiger partial charge < -0.3 is 5.73 Å². The van der Waals surface area contributed by atoms with Crippen molar-refractivity contribution in [1.29, 1.82) is 0 Å². The molecular weight excluding hydrogens is 239 g/mol. The summed E-state index contributed by atoms with van der Waals surface area (Å²) in [5.41, 5.74) is 7.89. The van der Waals surface area contributed by atoms with Gasteiger partial charge in [0.05, 0.1) is 0 Å². The molecule has 0 aliphatic rings. The average molecular weight is 248 g/mol. The highest BCUT2D eigenvalue weighted by molar-refractivity contribution is 14.1. The van der Waals surface area contributed by atoms with E-state index in [9.17, 15) is 0 Å². The van der Waals surface area contributed by atoms with E-state index in [1.54, 1.807) is 6.20 Å². The summed E-state index contributed by atoms with van der Waals surface area (Å²) in [7, 11) is 0. The summed E-state index contributed by atoms with van der Waals surface area (Å²) < 4.78 is 1.17. The van der Waals surface area contributed by atoms with E-state index in [4.69, 9.17) is 5.73 Å². The first-order chi connectivity index (χ1) is 4.63. The summed E-state index contributed by atoms with van der Waals surface area (Å²) in [6.07, 6.45) is 1.79. The maximum absolute atomic E-state index is 5.58. The molecule has 0 bridgehead atoms. The van der Waals surface area contributed by atoms with Crippen molar-refractivity contribution in [2.75, 3.05) is 5.73 Å². The van der Waals surface area contributed by atoms with Crippen molar-refractivity contribution >= 4 is 28.4 Å². The Morgan fingerprint density at radius 3 is 2.50 bits per heavy atom. The molecule has 0 saturated carbocycles. The second-order valence-electron chi connectivity index (χ2n) is 2.24. The fraction of sp³-hybridized carbons (Fsp3) is 0.286. The Labute approximate surface area is 74.0 Å². The minimum absolute atomic E-state index is 0.637. The minimum atomic E-state index is 0.637. The zero-order valence-corrected chi connectivity index (χ0v) is 8.14. The van der Waals surface area contributed by atoms with Gasteiger partial charge in [-0.1, -0.05) is 0 Å². The molecule has 0 saturated heterocycles. The van der Waals surface area contributed by atoms with E-state index in [-0.39, 0.29) is 0 Å². The van der Waals surface area contributed by atoms with Gasteiger partial charge in [0.2, 0.25) is 0 Å². The highest BCUT2D eigenvalue weighted by atomic mass is 127. The first-order valence-corrected chi connectivity index (χ1v) is 4.08. The number of hydrogen-bond acceptors (Lipinski definition) is 2. The third-order valence-corrected chi connectivity index (χ3v) is 2.71. The Kier molecular flexibility index (Phi) is 2.13. The maximum atomic E-state index is 5.58. The van der Waals surface area contributed by atoms with E-state index >= 15 is 0 Å². The molecule has 0 atom stereocenters. The molecule has 3 heteroatoms. The highest BCUT2D eigenvalue weighted by Gasteiger charge is 2.00. The molecule has 1 rings (SSSR count). The van der Waals surface area contributed by atoms with Crippen LogP contribution >= 0.6 is 22.6 Å². The third kappa shape index (κ3) is 1.23. The predicted molar refractivity (Wildman–Crippen MR) is 50.8 cm³/mol. The number of nitrogens with two attached hydrogens (primary N) is 1. The summed E-state index contributed by atoms with van der Waals surface area (Å²) in [5.74, 6) is 0.637. The van der Waals surface area contributed by atoms with Crippen LogP contribution in [-0.2, 0) is 0 Å². The Bertz CT molecular complexity index is 231. The quantitative estimate of drug-likeness (QED) is 0.712. The van der Waals surface area contributed by atoms with Gasteiger partial charge in [0, 0.05) is 9.77 Å². The van der Waals surface area contributed by atoms with E-state index in [2.05, 4.69) is 34.5 Å². The van der Waals surface area contributed by atoms with Crippen molar-refractivity contribution in [3.05, 3.63) is 20.9 Å². The molecule has 0 aliphatic carbocycles. The van der Waals surface area contributed by atoms with Crippen LogP contribution in [0.2, 0.25) is 0 Å². The number of aromatic nitrogens is 1. The Morgan fingerprint density at radius 1 is 1.40 bits per heavy atom. The second kappa shape index (κ2) is 2.74. The molecule has 1 aromatic heterocycles. The molecule has 0 fully saturated rings. The third-order valence-electron chi connectivity index (χ3n) is 1.62. The molecule has 2 nitrogen and oxygen atoms in total. The van der Waals surface area contributed by atoms with Gasteiger partial charge in [-0.15, -0.1) is 0 Å². The van der Waals surface area contributed by atoms with E-state index in [0.717, 1.165) is 5.56 Å². The highest BCUT2D eigenvalue weighted by Crippen LogP contribution is 2.17. The smallest absolute Gasteiger partial charge is 0.126 e. The number of nitrogens with zero attached hydrogens (tertiary/aromatic N) is 1. The van der Waals surface area contributed by atoms with Crippen LogP contribution in [0.1, 0.15) is 11.1 Å². The molecule has 0 radical (unpaired) electrons. The number of pyridine rings is 1. The summed E-state index contributed by atoms with van der Waals surface area (Å²) in [4.78, 5) is 4.01. The van der Waals surface area contributed by atoms with Crippen molar-refractivity contribution in [2.24, 2.45) is 0 Å². The van der Waals surface area contributed by atoms with Crippen LogP contribution < -0.4 is 5.73 Å². The van der Waals surface area contributed by atoms with Crippen LogP contribution in [0.15, 0.2) is 6.20 Å². The van der Waals surface area contributed by atoms with Crippen LogP contribution in [0.3, 0.4) is 0 Å². The standard InChI is InChI=1S/C7H9IN2/c1-4-5(2)7(9)10-3-6(4)8/h3H,1-2H3,(H2,9,10). The van der Waals surface area contributed by atoms with Gasteiger partial charge in [0.25, 0.3) is 0 Å². The Balaban J connectivity index is 3.34. The van der Waals surface area contributed by atoms with Crippen LogP contribution in [0.4, 0.5) is 5.82 Å². The molecule has 0 unspecified atom stereocenters. The van der Waals surface area contributed by atoms with Crippen LogP contribution in [0.25, 0.3) is 0 Å². The van der Waals surface area contributed by atoms with Gasteiger partial charge in [0.1, 0.15) is 5.82 Å². The number of hydrogen-bond donors (Lipinski definition) is 1. The van der Waals surface area contributed by atoms with E-state index < -0.39 is 0 Å². The van der Waals surface area contributed by atoms with E-state index in [1.807, 2.05) is 6.92 Å². The first-order valence-electron chi connectivity index (χ1n) is 3.00. The Morgan fingerprint density at radius 2 is 2.00 bits per heavy atom. The van der Waals surface area contributed by atoms with Gasteiger partial charge in [0.15, 0.2) is 0 Å². The molecule has 10 heavy (non-hydrogen) atoms. The summed E-state index contributed by atoms with van der Waals surface area (Å²) >= 11 is 2.25. The monoisotopic (exact) mass is 248 g/mol. The van der Waals surface area contributed by atoms with Crippen molar-refractivity contribution in [3.8, 4) is 0 Å². The molecule has 54 valence electrons. The fourth-order valence-electron chi connectivity index (χ4n) is 0.691. The van der Waals surface area contributed by atoms with Crippen molar-refractivity contribution in [1.82, 2.24) is 4.98 Å². The Hall–Kier alpha value is -0.320. The number of rotatable bonds is 0. The molecule has 0 spiro atoms. The van der Waals surface area contributed by atoms with E-state index in [0.29, 0.717) is 5.82 Å². The van der Waals surface area contributed by atoms with Gasteiger partial charge in [-0.2, -0.15) is 0 Å². The molecule has 2 N–H and O–H groups in total. The fourth-order valence-corrected chi connectivity index (χ4v) is 1.23. The van der Waals surface area contributed by atoms with Crippen molar-refractivity contribution < 1.29 is 0 Å². The van der Waals surface area contributed by atoms with Gasteiger partial charge in [-0.25, -0.2) is 4.98 Å². The lowest BCUT2D eigenvalue weighted by atomic mass is 10.2. The number of anilines is 1. The van der Waals surface area contributed by atoms with Gasteiger partial charge in [-0.3, -0.25) is 0 Å². The average Bonchev–Trinajstić information content (AvgIpc) is 1.93. The summed E-state index contributed by atoms with van der Waals surface area (Å²) in [6.45, 7) is 4.04. The molecule has 0 amide bonds. The number of halogens is 1. The molecular formula is C7H9IN2. The molecule has 1 aromatic rings. The SMILES string of the molecule is Cc1c(I)cnc(N)c1C. The molecule has 0 aromatic carbocycles. The van der Waals surface area contributed by atoms with Crippen LogP contribution in [-0.4, -0.2) is 4.98 Å². The molecule has 1 heterocycles. The zero-order chi connectivity index (χ0) is 7.72. The van der Waals surface area contributed by atoms with Gasteiger partial charge in [-0.05, 0) is 47.6 Å². The van der Waals surface area contributed by atoms with Gasteiger partial charge >= 0.3 is 0 Å². The summed E-state index contributed by atoms with van der Waals surface area (Å²) in [6, 6.07) is 0.